The molecule has 1 heterocycles. The summed E-state index contributed by atoms with van der Waals surface area (Å²) in [4.78, 5) is 4.20. The summed E-state index contributed by atoms with van der Waals surface area (Å²) in [6, 6.07) is 1.82. The highest BCUT2D eigenvalue weighted by atomic mass is 16.5. The number of aromatic nitrogens is 1. The summed E-state index contributed by atoms with van der Waals surface area (Å²) in [7, 11) is 0. The zero-order valence-corrected chi connectivity index (χ0v) is 11.3. The molecule has 0 unspecified atom stereocenters. The standard InChI is InChI=1S/C14H21N3O2/c1-10-7-8-16-14(12(10)13(15)17-18)19-9-11-5-3-2-4-6-11/h7-8,11,18H,2-6,9H2,1H3,(H2,15,17). The van der Waals surface area contributed by atoms with Gasteiger partial charge < -0.3 is 15.7 Å². The summed E-state index contributed by atoms with van der Waals surface area (Å²) in [5.74, 6) is 1.10. The molecule has 1 aliphatic rings. The summed E-state index contributed by atoms with van der Waals surface area (Å²) in [5.41, 5.74) is 7.16. The van der Waals surface area contributed by atoms with Gasteiger partial charge >= 0.3 is 0 Å². The molecule has 19 heavy (non-hydrogen) atoms. The van der Waals surface area contributed by atoms with E-state index in [-0.39, 0.29) is 5.84 Å². The lowest BCUT2D eigenvalue weighted by Crippen LogP contribution is -2.20. The van der Waals surface area contributed by atoms with Crippen LogP contribution in [0, 0.1) is 12.8 Å². The van der Waals surface area contributed by atoms with E-state index >= 15 is 0 Å². The number of pyridine rings is 1. The number of aryl methyl sites for hydroxylation is 1. The Kier molecular flexibility index (Phi) is 4.60. The van der Waals surface area contributed by atoms with Gasteiger partial charge in [0.2, 0.25) is 5.88 Å². The van der Waals surface area contributed by atoms with Crippen molar-refractivity contribution < 1.29 is 9.94 Å². The number of hydrogen-bond acceptors (Lipinski definition) is 4. The first-order valence-corrected chi connectivity index (χ1v) is 6.78. The van der Waals surface area contributed by atoms with Crippen LogP contribution in [0.4, 0.5) is 0 Å². The molecule has 1 saturated carbocycles. The Hall–Kier alpha value is -1.78. The van der Waals surface area contributed by atoms with Crippen molar-refractivity contribution >= 4 is 5.84 Å². The number of nitrogens with two attached hydrogens (primary N) is 1. The van der Waals surface area contributed by atoms with E-state index in [2.05, 4.69) is 10.1 Å². The zero-order valence-electron chi connectivity index (χ0n) is 11.3. The van der Waals surface area contributed by atoms with Gasteiger partial charge in [0, 0.05) is 6.20 Å². The molecule has 5 heteroatoms. The summed E-state index contributed by atoms with van der Waals surface area (Å²) in [6.45, 7) is 2.55. The van der Waals surface area contributed by atoms with Crippen LogP contribution in [0.2, 0.25) is 0 Å². The van der Waals surface area contributed by atoms with E-state index in [4.69, 9.17) is 15.7 Å². The minimum absolute atomic E-state index is 0.0456. The molecule has 2 rings (SSSR count). The highest BCUT2D eigenvalue weighted by Gasteiger charge is 2.17. The molecule has 1 fully saturated rings. The van der Waals surface area contributed by atoms with E-state index in [0.717, 1.165) is 5.56 Å². The van der Waals surface area contributed by atoms with E-state index in [1.165, 1.54) is 32.1 Å². The molecule has 1 aliphatic carbocycles. The number of rotatable bonds is 4. The zero-order chi connectivity index (χ0) is 13.7. The van der Waals surface area contributed by atoms with Crippen LogP contribution in [0.15, 0.2) is 17.4 Å². The molecular formula is C14H21N3O2. The van der Waals surface area contributed by atoms with Gasteiger partial charge in [-0.15, -0.1) is 0 Å². The Morgan fingerprint density at radius 2 is 2.21 bits per heavy atom. The lowest BCUT2D eigenvalue weighted by molar-refractivity contribution is 0.202. The predicted octanol–water partition coefficient (Wildman–Crippen LogP) is 2.44. The fourth-order valence-electron chi connectivity index (χ4n) is 2.55. The molecule has 104 valence electrons. The molecule has 1 aromatic heterocycles. The largest absolute Gasteiger partial charge is 0.477 e. The molecule has 0 aromatic carbocycles. The Balaban J connectivity index is 2.09. The second kappa shape index (κ2) is 6.41. The van der Waals surface area contributed by atoms with Crippen molar-refractivity contribution in [2.24, 2.45) is 16.8 Å². The molecule has 0 spiro atoms. The van der Waals surface area contributed by atoms with E-state index in [1.807, 2.05) is 13.0 Å². The molecule has 0 bridgehead atoms. The number of oxime groups is 1. The van der Waals surface area contributed by atoms with Crippen molar-refractivity contribution in [2.75, 3.05) is 6.61 Å². The number of amidine groups is 1. The smallest absolute Gasteiger partial charge is 0.224 e. The van der Waals surface area contributed by atoms with Crippen molar-refractivity contribution in [2.45, 2.75) is 39.0 Å². The summed E-state index contributed by atoms with van der Waals surface area (Å²) in [5, 5.41) is 11.9. The molecular weight excluding hydrogens is 242 g/mol. The normalized spacial score (nSPS) is 17.4. The van der Waals surface area contributed by atoms with Crippen LogP contribution < -0.4 is 10.5 Å². The lowest BCUT2D eigenvalue weighted by atomic mass is 9.90. The Labute approximate surface area is 113 Å². The number of nitrogens with zero attached hydrogens (tertiary/aromatic N) is 2. The summed E-state index contributed by atoms with van der Waals surface area (Å²) >= 11 is 0. The Morgan fingerprint density at radius 1 is 1.47 bits per heavy atom. The maximum Gasteiger partial charge on any atom is 0.224 e. The topological polar surface area (TPSA) is 80.7 Å². The lowest BCUT2D eigenvalue weighted by Gasteiger charge is -2.22. The third-order valence-corrected chi connectivity index (χ3v) is 3.67. The first-order chi connectivity index (χ1) is 9.22. The molecule has 0 aliphatic heterocycles. The Bertz CT molecular complexity index is 454. The third kappa shape index (κ3) is 3.36. The first-order valence-electron chi connectivity index (χ1n) is 6.78. The van der Waals surface area contributed by atoms with Crippen LogP contribution in [0.1, 0.15) is 43.2 Å². The van der Waals surface area contributed by atoms with E-state index in [1.54, 1.807) is 6.20 Å². The van der Waals surface area contributed by atoms with Gasteiger partial charge in [-0.1, -0.05) is 24.4 Å². The monoisotopic (exact) mass is 263 g/mol. The third-order valence-electron chi connectivity index (χ3n) is 3.67. The minimum atomic E-state index is 0.0456. The van der Waals surface area contributed by atoms with Crippen molar-refractivity contribution in [1.29, 1.82) is 0 Å². The SMILES string of the molecule is Cc1ccnc(OCC2CCCCC2)c1/C(N)=N/O. The second-order valence-electron chi connectivity index (χ2n) is 5.11. The van der Waals surface area contributed by atoms with Crippen molar-refractivity contribution in [1.82, 2.24) is 4.98 Å². The molecule has 0 amide bonds. The number of ether oxygens (including phenoxy) is 1. The second-order valence-corrected chi connectivity index (χ2v) is 5.11. The Morgan fingerprint density at radius 3 is 2.89 bits per heavy atom. The average Bonchev–Trinajstić information content (AvgIpc) is 2.45. The van der Waals surface area contributed by atoms with Gasteiger partial charge in [-0.2, -0.15) is 0 Å². The number of hydrogen-bond donors (Lipinski definition) is 2. The van der Waals surface area contributed by atoms with E-state index in [0.29, 0.717) is 24.0 Å². The van der Waals surface area contributed by atoms with Crippen molar-refractivity contribution in [3.8, 4) is 5.88 Å². The highest BCUT2D eigenvalue weighted by Crippen LogP contribution is 2.25. The highest BCUT2D eigenvalue weighted by molar-refractivity contribution is 6.00. The van der Waals surface area contributed by atoms with Crippen LogP contribution >= 0.6 is 0 Å². The van der Waals surface area contributed by atoms with Gasteiger partial charge in [0.1, 0.15) is 0 Å². The minimum Gasteiger partial charge on any atom is -0.477 e. The fraction of sp³-hybridized carbons (Fsp3) is 0.571. The maximum atomic E-state index is 8.83. The fourth-order valence-corrected chi connectivity index (χ4v) is 2.55. The first kappa shape index (κ1) is 13.6. The molecule has 0 atom stereocenters. The summed E-state index contributed by atoms with van der Waals surface area (Å²) in [6.07, 6.45) is 7.99. The molecule has 0 radical (unpaired) electrons. The average molecular weight is 263 g/mol. The predicted molar refractivity (Wildman–Crippen MR) is 73.6 cm³/mol. The van der Waals surface area contributed by atoms with Crippen LogP contribution in [-0.4, -0.2) is 22.6 Å². The molecule has 3 N–H and O–H groups in total. The van der Waals surface area contributed by atoms with E-state index in [9.17, 15) is 0 Å². The van der Waals surface area contributed by atoms with Crippen LogP contribution in [0.25, 0.3) is 0 Å². The van der Waals surface area contributed by atoms with Crippen LogP contribution in [0.5, 0.6) is 5.88 Å². The van der Waals surface area contributed by atoms with Gasteiger partial charge in [-0.05, 0) is 37.3 Å². The van der Waals surface area contributed by atoms with Gasteiger partial charge in [0.15, 0.2) is 5.84 Å². The van der Waals surface area contributed by atoms with Gasteiger partial charge in [-0.3, -0.25) is 0 Å². The molecule has 0 saturated heterocycles. The van der Waals surface area contributed by atoms with Crippen molar-refractivity contribution in [3.63, 3.8) is 0 Å². The van der Waals surface area contributed by atoms with Gasteiger partial charge in [0.05, 0.1) is 12.2 Å². The maximum absolute atomic E-state index is 8.83. The van der Waals surface area contributed by atoms with E-state index < -0.39 is 0 Å². The van der Waals surface area contributed by atoms with Crippen LogP contribution in [0.3, 0.4) is 0 Å². The van der Waals surface area contributed by atoms with Crippen LogP contribution in [-0.2, 0) is 0 Å². The summed E-state index contributed by atoms with van der Waals surface area (Å²) < 4.78 is 5.80. The van der Waals surface area contributed by atoms with Gasteiger partial charge in [0.25, 0.3) is 0 Å². The quantitative estimate of drug-likeness (QED) is 0.378. The molecule has 1 aromatic rings. The molecule has 5 nitrogen and oxygen atoms in total. The van der Waals surface area contributed by atoms with Crippen molar-refractivity contribution in [3.05, 3.63) is 23.4 Å². The van der Waals surface area contributed by atoms with Gasteiger partial charge in [-0.25, -0.2) is 4.98 Å².